The molecule has 1 atom stereocenters. The number of anilines is 1. The molecule has 3 heterocycles. The molecular weight excluding hydrogens is 417 g/mol. The highest BCUT2D eigenvalue weighted by molar-refractivity contribution is 7.16. The number of fused-ring (bicyclic) bond motifs is 3. The maximum Gasteiger partial charge on any atom is 0.343 e. The lowest BCUT2D eigenvalue weighted by Crippen LogP contribution is -2.38. The smallest absolute Gasteiger partial charge is 0.343 e. The van der Waals surface area contributed by atoms with Crippen LogP contribution in [-0.4, -0.2) is 30.4 Å². The third-order valence-corrected chi connectivity index (χ3v) is 6.66. The van der Waals surface area contributed by atoms with E-state index >= 15 is 0 Å². The zero-order valence-corrected chi connectivity index (χ0v) is 17.6. The van der Waals surface area contributed by atoms with Gasteiger partial charge in [0.1, 0.15) is 22.7 Å². The highest BCUT2D eigenvalue weighted by Gasteiger charge is 2.32. The van der Waals surface area contributed by atoms with Crippen LogP contribution in [0.2, 0.25) is 0 Å². The van der Waals surface area contributed by atoms with Crippen LogP contribution < -0.4 is 15.4 Å². The summed E-state index contributed by atoms with van der Waals surface area (Å²) in [4.78, 5) is 28.5. The number of thiophene rings is 1. The number of hydrogen-bond acceptors (Lipinski definition) is 6. The van der Waals surface area contributed by atoms with Gasteiger partial charge in [0.15, 0.2) is 0 Å². The van der Waals surface area contributed by atoms with E-state index < -0.39 is 11.8 Å². The number of rotatable bonds is 3. The number of carbonyl (C=O) groups is 2. The molecule has 1 amide bonds. The van der Waals surface area contributed by atoms with E-state index in [1.807, 2.05) is 0 Å². The first-order valence-electron chi connectivity index (χ1n) is 9.96. The van der Waals surface area contributed by atoms with E-state index in [1.54, 1.807) is 35.6 Å². The van der Waals surface area contributed by atoms with Crippen LogP contribution in [-0.2, 0) is 13.0 Å². The summed E-state index contributed by atoms with van der Waals surface area (Å²) in [5, 5.41) is 7.35. The Bertz CT molecular complexity index is 1180. The Labute approximate surface area is 182 Å². The van der Waals surface area contributed by atoms with Crippen LogP contribution in [0.3, 0.4) is 0 Å². The molecule has 2 N–H and O–H groups in total. The summed E-state index contributed by atoms with van der Waals surface area (Å²) in [6.45, 7) is 1.81. The fraction of sp³-hybridized carbons (Fsp3) is 0.217. The summed E-state index contributed by atoms with van der Waals surface area (Å²) >= 11 is 1.64. The maximum absolute atomic E-state index is 13.3. The van der Waals surface area contributed by atoms with E-state index in [-0.39, 0.29) is 17.6 Å². The second-order valence-electron chi connectivity index (χ2n) is 7.72. The Morgan fingerprint density at radius 2 is 2.00 bits per heavy atom. The minimum absolute atomic E-state index is 0.0672. The Kier molecular flexibility index (Phi) is 4.95. The van der Waals surface area contributed by atoms with E-state index in [4.69, 9.17) is 4.74 Å². The van der Waals surface area contributed by atoms with Crippen molar-refractivity contribution >= 4 is 28.2 Å². The van der Waals surface area contributed by atoms with Gasteiger partial charge >= 0.3 is 5.97 Å². The molecule has 5 rings (SSSR count). The predicted octanol–water partition coefficient (Wildman–Crippen LogP) is 3.95. The number of amides is 1. The number of nitrogens with one attached hydrogen (secondary N) is 2. The molecule has 2 aliphatic rings. The SMILES string of the molecule is CN1CCc2c(sc3c2C(=O)NC(c2ccc(OC(=O)c4cccc(F)c4)cc2)N3)C1. The standard InChI is InChI=1S/C23H20FN3O3S/c1-27-10-9-17-18(12-27)31-22-19(17)21(28)25-20(26-22)13-5-7-16(8-6-13)30-23(29)14-3-2-4-15(24)11-14/h2-8,11,20,26H,9-10,12H2,1H3,(H,25,28). The Morgan fingerprint density at radius 1 is 1.19 bits per heavy atom. The molecule has 31 heavy (non-hydrogen) atoms. The monoisotopic (exact) mass is 437 g/mol. The highest BCUT2D eigenvalue weighted by atomic mass is 32.1. The minimum Gasteiger partial charge on any atom is -0.423 e. The number of esters is 1. The number of carbonyl (C=O) groups excluding carboxylic acids is 2. The number of ether oxygens (including phenoxy) is 1. The molecule has 1 unspecified atom stereocenters. The summed E-state index contributed by atoms with van der Waals surface area (Å²) in [6.07, 6.45) is 0.508. The second-order valence-corrected chi connectivity index (χ2v) is 8.82. The number of halogens is 1. The van der Waals surface area contributed by atoms with Gasteiger partial charge in [-0.3, -0.25) is 4.79 Å². The summed E-state index contributed by atoms with van der Waals surface area (Å²) in [5.74, 6) is -0.849. The largest absolute Gasteiger partial charge is 0.423 e. The van der Waals surface area contributed by atoms with Crippen molar-refractivity contribution < 1.29 is 18.7 Å². The minimum atomic E-state index is -0.630. The lowest BCUT2D eigenvalue weighted by molar-refractivity contribution is 0.0734. The Balaban J connectivity index is 1.32. The van der Waals surface area contributed by atoms with Gasteiger partial charge in [0.25, 0.3) is 5.91 Å². The van der Waals surface area contributed by atoms with Gasteiger partial charge in [0, 0.05) is 18.0 Å². The van der Waals surface area contributed by atoms with Gasteiger partial charge in [-0.05, 0) is 54.9 Å². The zero-order valence-electron chi connectivity index (χ0n) is 16.8. The zero-order chi connectivity index (χ0) is 21.5. The molecule has 0 aliphatic carbocycles. The molecule has 2 aromatic carbocycles. The molecule has 0 saturated carbocycles. The van der Waals surface area contributed by atoms with Crippen LogP contribution in [0, 0.1) is 5.82 Å². The van der Waals surface area contributed by atoms with Crippen LogP contribution in [0.4, 0.5) is 9.39 Å². The molecule has 6 nitrogen and oxygen atoms in total. The topological polar surface area (TPSA) is 70.7 Å². The third-order valence-electron chi connectivity index (χ3n) is 5.51. The molecule has 2 aliphatic heterocycles. The number of likely N-dealkylation sites (N-methyl/N-ethyl adjacent to an activating group) is 1. The van der Waals surface area contributed by atoms with Crippen molar-refractivity contribution in [3.05, 3.63) is 81.5 Å². The molecule has 0 spiro atoms. The van der Waals surface area contributed by atoms with Crippen molar-refractivity contribution in [1.82, 2.24) is 10.2 Å². The van der Waals surface area contributed by atoms with Gasteiger partial charge in [-0.1, -0.05) is 18.2 Å². The maximum atomic E-state index is 13.3. The summed E-state index contributed by atoms with van der Waals surface area (Å²) in [5.41, 5.74) is 2.91. The van der Waals surface area contributed by atoms with E-state index in [1.165, 1.54) is 23.1 Å². The van der Waals surface area contributed by atoms with Gasteiger partial charge in [-0.2, -0.15) is 0 Å². The average Bonchev–Trinajstić information content (AvgIpc) is 3.12. The van der Waals surface area contributed by atoms with Crippen LogP contribution in [0.1, 0.15) is 42.9 Å². The Hall–Kier alpha value is -3.23. The lowest BCUT2D eigenvalue weighted by Gasteiger charge is -2.27. The quantitative estimate of drug-likeness (QED) is 0.480. The van der Waals surface area contributed by atoms with Crippen LogP contribution in [0.15, 0.2) is 48.5 Å². The van der Waals surface area contributed by atoms with Gasteiger partial charge in [0.05, 0.1) is 11.1 Å². The van der Waals surface area contributed by atoms with Gasteiger partial charge < -0.3 is 20.3 Å². The molecule has 1 aromatic heterocycles. The van der Waals surface area contributed by atoms with Crippen molar-refractivity contribution in [3.63, 3.8) is 0 Å². The average molecular weight is 437 g/mol. The normalized spacial score (nSPS) is 17.9. The predicted molar refractivity (Wildman–Crippen MR) is 116 cm³/mol. The van der Waals surface area contributed by atoms with E-state index in [2.05, 4.69) is 22.6 Å². The van der Waals surface area contributed by atoms with Gasteiger partial charge in [-0.25, -0.2) is 9.18 Å². The summed E-state index contributed by atoms with van der Waals surface area (Å²) in [6, 6.07) is 12.3. The van der Waals surface area contributed by atoms with Crippen molar-refractivity contribution in [2.75, 3.05) is 18.9 Å². The first-order valence-corrected chi connectivity index (χ1v) is 10.8. The molecule has 0 fully saturated rings. The number of benzene rings is 2. The fourth-order valence-corrected chi connectivity index (χ4v) is 5.27. The molecule has 3 aromatic rings. The third kappa shape index (κ3) is 3.80. The molecular formula is C23H20FN3O3S. The molecule has 0 radical (unpaired) electrons. The molecule has 0 bridgehead atoms. The number of hydrogen-bond donors (Lipinski definition) is 2. The molecule has 8 heteroatoms. The van der Waals surface area contributed by atoms with Crippen molar-refractivity contribution in [3.8, 4) is 5.75 Å². The van der Waals surface area contributed by atoms with Crippen LogP contribution >= 0.6 is 11.3 Å². The van der Waals surface area contributed by atoms with E-state index in [9.17, 15) is 14.0 Å². The second kappa shape index (κ2) is 7.79. The molecule has 0 saturated heterocycles. The first kappa shape index (κ1) is 19.7. The van der Waals surface area contributed by atoms with E-state index in [0.717, 1.165) is 47.3 Å². The highest BCUT2D eigenvalue weighted by Crippen LogP contribution is 2.40. The van der Waals surface area contributed by atoms with Gasteiger partial charge in [-0.15, -0.1) is 11.3 Å². The lowest BCUT2D eigenvalue weighted by atomic mass is 10.0. The fourth-order valence-electron chi connectivity index (χ4n) is 3.92. The van der Waals surface area contributed by atoms with Crippen molar-refractivity contribution in [2.45, 2.75) is 19.1 Å². The first-order chi connectivity index (χ1) is 15.0. The number of nitrogens with zero attached hydrogens (tertiary/aromatic N) is 1. The summed E-state index contributed by atoms with van der Waals surface area (Å²) in [7, 11) is 2.08. The van der Waals surface area contributed by atoms with Crippen molar-refractivity contribution in [1.29, 1.82) is 0 Å². The van der Waals surface area contributed by atoms with Crippen LogP contribution in [0.25, 0.3) is 0 Å². The summed E-state index contributed by atoms with van der Waals surface area (Å²) < 4.78 is 18.6. The molecule has 158 valence electrons. The Morgan fingerprint density at radius 3 is 2.77 bits per heavy atom. The van der Waals surface area contributed by atoms with Crippen LogP contribution in [0.5, 0.6) is 5.75 Å². The van der Waals surface area contributed by atoms with Crippen molar-refractivity contribution in [2.24, 2.45) is 0 Å². The van der Waals surface area contributed by atoms with E-state index in [0.29, 0.717) is 5.75 Å². The van der Waals surface area contributed by atoms with Gasteiger partial charge in [0.2, 0.25) is 0 Å².